The van der Waals surface area contributed by atoms with E-state index < -0.39 is 12.1 Å². The van der Waals surface area contributed by atoms with Gasteiger partial charge < -0.3 is 24.8 Å². The number of anilines is 1. The highest BCUT2D eigenvalue weighted by Crippen LogP contribution is 2.28. The van der Waals surface area contributed by atoms with Crippen molar-refractivity contribution < 1.29 is 19.1 Å². The van der Waals surface area contributed by atoms with E-state index in [0.717, 1.165) is 38.3 Å². The smallest absolute Gasteiger partial charge is 0.251 e. The molecule has 0 unspecified atom stereocenters. The van der Waals surface area contributed by atoms with Gasteiger partial charge in [0.1, 0.15) is 18.7 Å². The molecule has 0 saturated carbocycles. The Kier molecular flexibility index (Phi) is 6.81. The minimum absolute atomic E-state index is 0.0467. The van der Waals surface area contributed by atoms with Gasteiger partial charge in [-0.1, -0.05) is 20.3 Å². The summed E-state index contributed by atoms with van der Waals surface area (Å²) in [7, 11) is 2.12. The Balaban J connectivity index is 1.44. The van der Waals surface area contributed by atoms with Crippen molar-refractivity contribution in [1.29, 1.82) is 0 Å². The molecule has 174 valence electrons. The van der Waals surface area contributed by atoms with Crippen LogP contribution < -0.4 is 10.2 Å². The van der Waals surface area contributed by atoms with E-state index in [1.54, 1.807) is 4.90 Å². The lowest BCUT2D eigenvalue weighted by molar-refractivity contribution is -0.139. The van der Waals surface area contributed by atoms with Gasteiger partial charge in [0.2, 0.25) is 5.91 Å². The summed E-state index contributed by atoms with van der Waals surface area (Å²) in [5.41, 5.74) is 1.63. The zero-order chi connectivity index (χ0) is 22.8. The predicted octanol–water partition coefficient (Wildman–Crippen LogP) is 1.15. The Labute approximate surface area is 189 Å². The summed E-state index contributed by atoms with van der Waals surface area (Å²) in [6, 6.07) is 6.41. The highest BCUT2D eigenvalue weighted by molar-refractivity contribution is 5.99. The van der Waals surface area contributed by atoms with Crippen LogP contribution in [-0.4, -0.2) is 92.0 Å². The van der Waals surface area contributed by atoms with Crippen LogP contribution in [-0.2, 0) is 14.3 Å². The minimum Gasteiger partial charge on any atom is -0.369 e. The lowest BCUT2D eigenvalue weighted by Gasteiger charge is -2.34. The van der Waals surface area contributed by atoms with E-state index in [1.807, 2.05) is 38.1 Å². The van der Waals surface area contributed by atoms with Crippen molar-refractivity contribution in [1.82, 2.24) is 15.1 Å². The van der Waals surface area contributed by atoms with Gasteiger partial charge in [0.25, 0.3) is 5.91 Å². The van der Waals surface area contributed by atoms with E-state index in [9.17, 15) is 14.4 Å². The topological polar surface area (TPSA) is 82.2 Å². The fourth-order valence-electron chi connectivity index (χ4n) is 4.82. The van der Waals surface area contributed by atoms with Crippen LogP contribution in [0.4, 0.5) is 5.69 Å². The normalized spacial score (nSPS) is 25.5. The van der Waals surface area contributed by atoms with Crippen LogP contribution in [0.15, 0.2) is 24.3 Å². The van der Waals surface area contributed by atoms with Gasteiger partial charge in [-0.15, -0.1) is 0 Å². The maximum atomic E-state index is 13.4. The molecule has 3 heterocycles. The van der Waals surface area contributed by atoms with Gasteiger partial charge in [0.15, 0.2) is 5.78 Å². The van der Waals surface area contributed by atoms with Crippen LogP contribution >= 0.6 is 0 Å². The highest BCUT2D eigenvalue weighted by Gasteiger charge is 2.48. The molecule has 0 radical (unpaired) electrons. The number of Topliss-reactive ketones (excluding diaryl/α,β-unsaturated/α-hetero) is 1. The van der Waals surface area contributed by atoms with Gasteiger partial charge in [-0.3, -0.25) is 14.4 Å². The third-order valence-corrected chi connectivity index (χ3v) is 7.16. The van der Waals surface area contributed by atoms with Crippen molar-refractivity contribution in [3.8, 4) is 0 Å². The quantitative estimate of drug-likeness (QED) is 0.712. The number of nitrogens with one attached hydrogen (secondary N) is 1. The number of nitrogens with zero attached hydrogens (tertiary/aromatic N) is 3. The molecule has 0 aliphatic carbocycles. The fourth-order valence-corrected chi connectivity index (χ4v) is 4.82. The third-order valence-electron chi connectivity index (χ3n) is 7.16. The summed E-state index contributed by atoms with van der Waals surface area (Å²) < 4.78 is 5.52. The van der Waals surface area contributed by atoms with Gasteiger partial charge in [0.05, 0.1) is 6.10 Å². The molecule has 0 aromatic heterocycles. The Hall–Kier alpha value is -2.45. The largest absolute Gasteiger partial charge is 0.369 e. The molecule has 4 rings (SSSR count). The predicted molar refractivity (Wildman–Crippen MR) is 122 cm³/mol. The highest BCUT2D eigenvalue weighted by atomic mass is 16.5. The molecule has 0 spiro atoms. The first-order valence-electron chi connectivity index (χ1n) is 11.7. The van der Waals surface area contributed by atoms with E-state index >= 15 is 0 Å². The Morgan fingerprint density at radius 3 is 2.47 bits per heavy atom. The molecular formula is C24H34N4O4. The zero-order valence-corrected chi connectivity index (χ0v) is 19.3. The molecule has 3 aliphatic heterocycles. The number of benzene rings is 1. The number of carbonyl (C=O) groups is 3. The second kappa shape index (κ2) is 9.58. The van der Waals surface area contributed by atoms with Crippen LogP contribution in [0, 0.1) is 5.92 Å². The van der Waals surface area contributed by atoms with Crippen LogP contribution in [0.2, 0.25) is 0 Å². The van der Waals surface area contributed by atoms with Crippen molar-refractivity contribution in [2.45, 2.75) is 44.9 Å². The summed E-state index contributed by atoms with van der Waals surface area (Å²) in [5.74, 6) is -0.548. The minimum atomic E-state index is -0.669. The van der Waals surface area contributed by atoms with Gasteiger partial charge in [-0.05, 0) is 43.7 Å². The fraction of sp³-hybridized carbons (Fsp3) is 0.625. The first-order chi connectivity index (χ1) is 15.4. The second-order valence-electron chi connectivity index (χ2n) is 9.25. The average Bonchev–Trinajstić information content (AvgIpc) is 3.40. The molecule has 4 atom stereocenters. The van der Waals surface area contributed by atoms with Crippen molar-refractivity contribution in [2.24, 2.45) is 5.92 Å². The number of ether oxygens (including phenoxy) is 1. The Morgan fingerprint density at radius 2 is 1.81 bits per heavy atom. The van der Waals surface area contributed by atoms with Gasteiger partial charge in [-0.2, -0.15) is 0 Å². The summed E-state index contributed by atoms with van der Waals surface area (Å²) in [4.78, 5) is 44.9. The Bertz CT molecular complexity index is 850. The zero-order valence-electron chi connectivity index (χ0n) is 19.3. The van der Waals surface area contributed by atoms with E-state index in [0.29, 0.717) is 18.5 Å². The molecule has 8 heteroatoms. The number of fused-ring (bicyclic) bond motifs is 1. The third kappa shape index (κ3) is 4.52. The number of hydrogen-bond acceptors (Lipinski definition) is 6. The monoisotopic (exact) mass is 442 g/mol. The van der Waals surface area contributed by atoms with Crippen LogP contribution in [0.5, 0.6) is 0 Å². The Morgan fingerprint density at radius 1 is 1.12 bits per heavy atom. The van der Waals surface area contributed by atoms with E-state index in [4.69, 9.17) is 4.74 Å². The molecule has 2 amide bonds. The molecule has 1 aromatic rings. The maximum Gasteiger partial charge on any atom is 0.251 e. The number of likely N-dealkylation sites (N-methyl/N-ethyl adjacent to an activating group) is 1. The lowest BCUT2D eigenvalue weighted by atomic mass is 9.96. The first-order valence-corrected chi connectivity index (χ1v) is 11.7. The summed E-state index contributed by atoms with van der Waals surface area (Å²) in [6.45, 7) is 8.49. The molecule has 0 bridgehead atoms. The van der Waals surface area contributed by atoms with Gasteiger partial charge >= 0.3 is 0 Å². The SMILES string of the molecule is CC[C@H](C)[C@H](NC(=O)c1ccc(N2CCN(C)CC2)cc1)C(=O)N1CC[C@H]2OCC(=O)[C@H]21. The van der Waals surface area contributed by atoms with Crippen LogP contribution in [0.3, 0.4) is 0 Å². The molecule has 3 aliphatic rings. The lowest BCUT2D eigenvalue weighted by Crippen LogP contribution is -2.54. The van der Waals surface area contributed by atoms with E-state index in [1.165, 1.54) is 0 Å². The molecular weight excluding hydrogens is 408 g/mol. The summed E-state index contributed by atoms with van der Waals surface area (Å²) >= 11 is 0. The van der Waals surface area contributed by atoms with Crippen molar-refractivity contribution in [3.05, 3.63) is 29.8 Å². The van der Waals surface area contributed by atoms with Crippen LogP contribution in [0.1, 0.15) is 37.0 Å². The van der Waals surface area contributed by atoms with Gasteiger partial charge in [0, 0.05) is 44.0 Å². The number of carbonyl (C=O) groups excluding carboxylic acids is 3. The number of amides is 2. The molecule has 32 heavy (non-hydrogen) atoms. The second-order valence-corrected chi connectivity index (χ2v) is 9.25. The molecule has 8 nitrogen and oxygen atoms in total. The average molecular weight is 443 g/mol. The number of ketones is 1. The molecule has 1 N–H and O–H groups in total. The number of piperazine rings is 1. The van der Waals surface area contributed by atoms with Gasteiger partial charge in [-0.25, -0.2) is 0 Å². The number of rotatable bonds is 6. The molecule has 3 fully saturated rings. The number of likely N-dealkylation sites (tertiary alicyclic amines) is 1. The van der Waals surface area contributed by atoms with Crippen molar-refractivity contribution in [3.63, 3.8) is 0 Å². The first kappa shape index (κ1) is 22.7. The summed E-state index contributed by atoms with van der Waals surface area (Å²) in [5, 5.41) is 2.96. The molecule has 1 aromatic carbocycles. The van der Waals surface area contributed by atoms with E-state index in [2.05, 4.69) is 22.2 Å². The standard InChI is InChI=1S/C24H34N4O4/c1-4-16(2)21(24(31)28-10-9-20-22(28)19(29)15-32-20)25-23(30)17-5-7-18(8-6-17)27-13-11-26(3)12-14-27/h5-8,16,20-22H,4,9-15H2,1-3H3,(H,25,30)/t16-,20+,21-,22+/m0/s1. The van der Waals surface area contributed by atoms with Crippen molar-refractivity contribution >= 4 is 23.3 Å². The summed E-state index contributed by atoms with van der Waals surface area (Å²) in [6.07, 6.45) is 1.20. The molecule has 3 saturated heterocycles. The maximum absolute atomic E-state index is 13.4. The van der Waals surface area contributed by atoms with E-state index in [-0.39, 0.29) is 36.2 Å². The van der Waals surface area contributed by atoms with Crippen molar-refractivity contribution in [2.75, 3.05) is 51.3 Å². The van der Waals surface area contributed by atoms with Crippen LogP contribution in [0.25, 0.3) is 0 Å². The number of hydrogen-bond donors (Lipinski definition) is 1.